The first-order valence-corrected chi connectivity index (χ1v) is 7.79. The summed E-state index contributed by atoms with van der Waals surface area (Å²) in [4.78, 5) is 15.4. The molecular weight excluding hydrogens is 292 g/mol. The van der Waals surface area contributed by atoms with Gasteiger partial charge >= 0.3 is 0 Å². The molecule has 1 aliphatic rings. The first kappa shape index (κ1) is 17.2. The van der Waals surface area contributed by atoms with Crippen LogP contribution < -0.4 is 5.32 Å². The maximum atomic E-state index is 12.3. The SMILES string of the molecule is C=CCN(Cc1cccs1)C(=O)CCC1CCNC1.Cl. The van der Waals surface area contributed by atoms with Crippen molar-refractivity contribution in [2.75, 3.05) is 19.6 Å². The molecule has 1 amide bonds. The molecule has 1 aromatic heterocycles. The summed E-state index contributed by atoms with van der Waals surface area (Å²) in [6.45, 7) is 7.27. The average Bonchev–Trinajstić information content (AvgIpc) is 3.08. The van der Waals surface area contributed by atoms with Crippen molar-refractivity contribution in [2.24, 2.45) is 5.92 Å². The molecule has 1 aromatic rings. The molecule has 1 unspecified atom stereocenters. The van der Waals surface area contributed by atoms with Gasteiger partial charge < -0.3 is 10.2 Å². The molecule has 0 spiro atoms. The van der Waals surface area contributed by atoms with Crippen LogP contribution in [0.3, 0.4) is 0 Å². The number of carbonyl (C=O) groups is 1. The second-order valence-electron chi connectivity index (χ2n) is 5.04. The van der Waals surface area contributed by atoms with Gasteiger partial charge in [-0.25, -0.2) is 0 Å². The Balaban J connectivity index is 0.00000200. The number of nitrogens with one attached hydrogen (secondary N) is 1. The summed E-state index contributed by atoms with van der Waals surface area (Å²) in [6.07, 6.45) is 4.68. The van der Waals surface area contributed by atoms with Gasteiger partial charge in [-0.1, -0.05) is 12.1 Å². The van der Waals surface area contributed by atoms with Gasteiger partial charge in [-0.2, -0.15) is 0 Å². The molecule has 5 heteroatoms. The quantitative estimate of drug-likeness (QED) is 0.784. The van der Waals surface area contributed by atoms with E-state index in [0.29, 0.717) is 25.4 Å². The van der Waals surface area contributed by atoms with Crippen LogP contribution in [-0.4, -0.2) is 30.4 Å². The highest BCUT2D eigenvalue weighted by molar-refractivity contribution is 7.09. The van der Waals surface area contributed by atoms with Crippen LogP contribution >= 0.6 is 23.7 Å². The third kappa shape index (κ3) is 5.27. The van der Waals surface area contributed by atoms with Gasteiger partial charge in [0.2, 0.25) is 5.91 Å². The molecule has 112 valence electrons. The van der Waals surface area contributed by atoms with E-state index in [1.54, 1.807) is 11.3 Å². The largest absolute Gasteiger partial charge is 0.334 e. The number of hydrogen-bond donors (Lipinski definition) is 1. The standard InChI is InChI=1S/C15H22N2OS.ClH/c1-2-9-17(12-14-4-3-10-19-14)15(18)6-5-13-7-8-16-11-13;/h2-4,10,13,16H,1,5-9,11-12H2;1H. The minimum Gasteiger partial charge on any atom is -0.334 e. The number of hydrogen-bond acceptors (Lipinski definition) is 3. The first-order valence-electron chi connectivity index (χ1n) is 6.91. The predicted molar refractivity (Wildman–Crippen MR) is 87.4 cm³/mol. The van der Waals surface area contributed by atoms with Gasteiger partial charge in [0.25, 0.3) is 0 Å². The molecule has 1 N–H and O–H groups in total. The minimum atomic E-state index is 0. The Morgan fingerprint density at radius 1 is 1.60 bits per heavy atom. The lowest BCUT2D eigenvalue weighted by atomic mass is 10.0. The van der Waals surface area contributed by atoms with Crippen molar-refractivity contribution in [2.45, 2.75) is 25.8 Å². The fourth-order valence-electron chi connectivity index (χ4n) is 2.45. The number of carbonyl (C=O) groups excluding carboxylic acids is 1. The molecule has 0 bridgehead atoms. The average molecular weight is 315 g/mol. The van der Waals surface area contributed by atoms with Gasteiger partial charge in [-0.3, -0.25) is 4.79 Å². The lowest BCUT2D eigenvalue weighted by Crippen LogP contribution is -2.30. The van der Waals surface area contributed by atoms with E-state index in [2.05, 4.69) is 23.3 Å². The second kappa shape index (κ2) is 9.16. The molecule has 1 saturated heterocycles. The van der Waals surface area contributed by atoms with E-state index in [4.69, 9.17) is 0 Å². The zero-order valence-electron chi connectivity index (χ0n) is 11.7. The van der Waals surface area contributed by atoms with Gasteiger partial charge in [-0.05, 0) is 43.3 Å². The molecule has 0 saturated carbocycles. The van der Waals surface area contributed by atoms with Crippen LogP contribution in [0.15, 0.2) is 30.2 Å². The van der Waals surface area contributed by atoms with Gasteiger partial charge in [-0.15, -0.1) is 30.3 Å². The zero-order chi connectivity index (χ0) is 13.5. The Bertz CT molecular complexity index is 402. The molecule has 1 fully saturated rings. The lowest BCUT2D eigenvalue weighted by molar-refractivity contribution is -0.131. The molecule has 2 heterocycles. The van der Waals surface area contributed by atoms with Crippen molar-refractivity contribution in [1.29, 1.82) is 0 Å². The molecule has 1 atom stereocenters. The molecule has 0 aromatic carbocycles. The van der Waals surface area contributed by atoms with E-state index in [1.807, 2.05) is 17.0 Å². The number of halogens is 1. The molecule has 20 heavy (non-hydrogen) atoms. The third-order valence-corrected chi connectivity index (χ3v) is 4.42. The van der Waals surface area contributed by atoms with Crippen molar-refractivity contribution in [3.05, 3.63) is 35.0 Å². The first-order chi connectivity index (χ1) is 9.29. The highest BCUT2D eigenvalue weighted by Crippen LogP contribution is 2.17. The summed E-state index contributed by atoms with van der Waals surface area (Å²) in [6, 6.07) is 4.11. The Hall–Kier alpha value is -0.840. The highest BCUT2D eigenvalue weighted by Gasteiger charge is 2.18. The van der Waals surface area contributed by atoms with E-state index in [0.717, 1.165) is 19.5 Å². The number of amides is 1. The summed E-state index contributed by atoms with van der Waals surface area (Å²) >= 11 is 1.70. The number of thiophene rings is 1. The van der Waals surface area contributed by atoms with Crippen LogP contribution in [0.1, 0.15) is 24.1 Å². The monoisotopic (exact) mass is 314 g/mol. The fraction of sp³-hybridized carbons (Fsp3) is 0.533. The summed E-state index contributed by atoms with van der Waals surface area (Å²) in [5.41, 5.74) is 0. The molecule has 3 nitrogen and oxygen atoms in total. The van der Waals surface area contributed by atoms with Crippen LogP contribution in [0.2, 0.25) is 0 Å². The van der Waals surface area contributed by atoms with Gasteiger partial charge in [0.15, 0.2) is 0 Å². The fourth-order valence-corrected chi connectivity index (χ4v) is 3.17. The molecule has 1 aliphatic heterocycles. The van der Waals surface area contributed by atoms with E-state index < -0.39 is 0 Å². The van der Waals surface area contributed by atoms with Crippen LogP contribution in [-0.2, 0) is 11.3 Å². The number of rotatable bonds is 7. The lowest BCUT2D eigenvalue weighted by Gasteiger charge is -2.21. The Morgan fingerprint density at radius 2 is 2.45 bits per heavy atom. The summed E-state index contributed by atoms with van der Waals surface area (Å²) in [5, 5.41) is 5.40. The smallest absolute Gasteiger partial charge is 0.223 e. The minimum absolute atomic E-state index is 0. The molecule has 0 radical (unpaired) electrons. The van der Waals surface area contributed by atoms with Gasteiger partial charge in [0, 0.05) is 17.8 Å². The van der Waals surface area contributed by atoms with E-state index in [1.165, 1.54) is 11.3 Å². The van der Waals surface area contributed by atoms with Crippen LogP contribution in [0.5, 0.6) is 0 Å². The third-order valence-electron chi connectivity index (χ3n) is 3.56. The predicted octanol–water partition coefficient (Wildman–Crippen LogP) is 3.07. The number of nitrogens with zero attached hydrogens (tertiary/aromatic N) is 1. The Morgan fingerprint density at radius 3 is 3.05 bits per heavy atom. The van der Waals surface area contributed by atoms with Crippen LogP contribution in [0, 0.1) is 5.92 Å². The zero-order valence-corrected chi connectivity index (χ0v) is 13.3. The molecular formula is C15H23ClN2OS. The summed E-state index contributed by atoms with van der Waals surface area (Å²) < 4.78 is 0. The van der Waals surface area contributed by atoms with E-state index in [-0.39, 0.29) is 18.3 Å². The van der Waals surface area contributed by atoms with Crippen molar-refractivity contribution < 1.29 is 4.79 Å². The van der Waals surface area contributed by atoms with Crippen LogP contribution in [0.25, 0.3) is 0 Å². The van der Waals surface area contributed by atoms with E-state index in [9.17, 15) is 4.79 Å². The molecule has 2 rings (SSSR count). The molecule has 0 aliphatic carbocycles. The highest BCUT2D eigenvalue weighted by atomic mass is 35.5. The van der Waals surface area contributed by atoms with Gasteiger partial charge in [0.1, 0.15) is 0 Å². The Kier molecular flexibility index (Phi) is 7.88. The van der Waals surface area contributed by atoms with Crippen molar-refractivity contribution in [3.8, 4) is 0 Å². The van der Waals surface area contributed by atoms with Crippen molar-refractivity contribution in [1.82, 2.24) is 10.2 Å². The topological polar surface area (TPSA) is 32.3 Å². The maximum absolute atomic E-state index is 12.3. The van der Waals surface area contributed by atoms with Crippen molar-refractivity contribution in [3.63, 3.8) is 0 Å². The normalized spacial score (nSPS) is 17.5. The van der Waals surface area contributed by atoms with E-state index >= 15 is 0 Å². The Labute approximate surface area is 131 Å². The maximum Gasteiger partial charge on any atom is 0.223 e. The van der Waals surface area contributed by atoms with Gasteiger partial charge in [0.05, 0.1) is 6.54 Å². The van der Waals surface area contributed by atoms with Crippen molar-refractivity contribution >= 4 is 29.7 Å². The van der Waals surface area contributed by atoms with Crippen LogP contribution in [0.4, 0.5) is 0 Å². The summed E-state index contributed by atoms with van der Waals surface area (Å²) in [7, 11) is 0. The summed E-state index contributed by atoms with van der Waals surface area (Å²) in [5.74, 6) is 0.927. The second-order valence-corrected chi connectivity index (χ2v) is 6.07.